The normalized spacial score (nSPS) is 17.4. The van der Waals surface area contributed by atoms with E-state index in [1.54, 1.807) is 0 Å². The minimum atomic E-state index is 0.191. The Morgan fingerprint density at radius 2 is 1.91 bits per heavy atom. The van der Waals surface area contributed by atoms with Crippen molar-refractivity contribution in [3.8, 4) is 0 Å². The van der Waals surface area contributed by atoms with Crippen LogP contribution in [0.5, 0.6) is 0 Å². The van der Waals surface area contributed by atoms with Crippen LogP contribution in [0.3, 0.4) is 0 Å². The number of hydrogen-bond acceptors (Lipinski definition) is 3. The monoisotopic (exact) mass is 296 g/mol. The molecule has 1 aliphatic heterocycles. The molecule has 22 heavy (non-hydrogen) atoms. The molecule has 0 aliphatic carbocycles. The Kier molecular flexibility index (Phi) is 4.86. The van der Waals surface area contributed by atoms with Crippen molar-refractivity contribution in [2.75, 3.05) is 13.2 Å². The molecule has 0 amide bonds. The summed E-state index contributed by atoms with van der Waals surface area (Å²) in [6.07, 6.45) is 5.94. The third kappa shape index (κ3) is 3.54. The molecule has 0 radical (unpaired) electrons. The van der Waals surface area contributed by atoms with E-state index < -0.39 is 0 Å². The van der Waals surface area contributed by atoms with Gasteiger partial charge in [0.1, 0.15) is 0 Å². The van der Waals surface area contributed by atoms with Gasteiger partial charge >= 0.3 is 0 Å². The summed E-state index contributed by atoms with van der Waals surface area (Å²) in [5.74, 6) is 0. The molecule has 1 aromatic heterocycles. The van der Waals surface area contributed by atoms with Crippen LogP contribution in [-0.4, -0.2) is 24.2 Å². The van der Waals surface area contributed by atoms with E-state index in [1.807, 2.05) is 18.5 Å². The highest BCUT2D eigenvalue weighted by atomic mass is 16.5. The van der Waals surface area contributed by atoms with E-state index in [9.17, 15) is 0 Å². The first-order chi connectivity index (χ1) is 10.7. The molecule has 116 valence electrons. The van der Waals surface area contributed by atoms with Gasteiger partial charge in [0.25, 0.3) is 0 Å². The summed E-state index contributed by atoms with van der Waals surface area (Å²) in [7, 11) is 0. The second kappa shape index (κ2) is 7.03. The van der Waals surface area contributed by atoms with Gasteiger partial charge in [-0.1, -0.05) is 24.3 Å². The van der Waals surface area contributed by atoms with Gasteiger partial charge < -0.3 is 10.1 Å². The van der Waals surface area contributed by atoms with E-state index in [-0.39, 0.29) is 6.04 Å². The molecule has 1 aromatic carbocycles. The van der Waals surface area contributed by atoms with E-state index in [4.69, 9.17) is 4.74 Å². The molecule has 3 rings (SSSR count). The van der Waals surface area contributed by atoms with E-state index >= 15 is 0 Å². The van der Waals surface area contributed by atoms with Crippen molar-refractivity contribution in [1.82, 2.24) is 10.3 Å². The van der Waals surface area contributed by atoms with Gasteiger partial charge in [-0.2, -0.15) is 0 Å². The van der Waals surface area contributed by atoms with Gasteiger partial charge in [-0.05, 0) is 55.0 Å². The Morgan fingerprint density at radius 3 is 2.59 bits per heavy atom. The van der Waals surface area contributed by atoms with Crippen molar-refractivity contribution < 1.29 is 4.74 Å². The zero-order chi connectivity index (χ0) is 15.4. The third-order valence-corrected chi connectivity index (χ3v) is 4.51. The summed E-state index contributed by atoms with van der Waals surface area (Å²) in [6.45, 7) is 6.03. The summed E-state index contributed by atoms with van der Waals surface area (Å²) in [4.78, 5) is 4.30. The van der Waals surface area contributed by atoms with Crippen LogP contribution in [0, 0.1) is 13.8 Å². The van der Waals surface area contributed by atoms with Crippen LogP contribution in [0.2, 0.25) is 0 Å². The molecule has 0 spiro atoms. The fourth-order valence-electron chi connectivity index (χ4n) is 2.98. The summed E-state index contributed by atoms with van der Waals surface area (Å²) in [5, 5.41) is 3.82. The van der Waals surface area contributed by atoms with E-state index in [1.165, 1.54) is 22.3 Å². The zero-order valence-corrected chi connectivity index (χ0v) is 13.4. The molecular formula is C19H24N2O. The van der Waals surface area contributed by atoms with E-state index in [2.05, 4.69) is 48.4 Å². The zero-order valence-electron chi connectivity index (χ0n) is 13.4. The van der Waals surface area contributed by atoms with Gasteiger partial charge in [0.15, 0.2) is 0 Å². The number of nitrogens with zero attached hydrogens (tertiary/aromatic N) is 1. The molecule has 1 fully saturated rings. The lowest BCUT2D eigenvalue weighted by atomic mass is 9.95. The fourth-order valence-corrected chi connectivity index (χ4v) is 2.98. The molecule has 0 bridgehead atoms. The molecule has 0 saturated carbocycles. The number of aryl methyl sites for hydroxylation is 2. The number of hydrogen-bond donors (Lipinski definition) is 1. The SMILES string of the molecule is Cc1ccc([C@H](NC2CCOCC2)c2cccnc2)cc1C. The van der Waals surface area contributed by atoms with Gasteiger partial charge in [0.2, 0.25) is 0 Å². The van der Waals surface area contributed by atoms with Gasteiger partial charge in [-0.3, -0.25) is 4.98 Å². The lowest BCUT2D eigenvalue weighted by Gasteiger charge is -2.29. The maximum atomic E-state index is 5.48. The summed E-state index contributed by atoms with van der Waals surface area (Å²) >= 11 is 0. The molecule has 0 unspecified atom stereocenters. The highest BCUT2D eigenvalue weighted by Crippen LogP contribution is 2.25. The van der Waals surface area contributed by atoms with Gasteiger partial charge in [0.05, 0.1) is 6.04 Å². The molecule has 3 nitrogen and oxygen atoms in total. The highest BCUT2D eigenvalue weighted by Gasteiger charge is 2.21. The first-order valence-corrected chi connectivity index (χ1v) is 8.05. The van der Waals surface area contributed by atoms with Crippen molar-refractivity contribution in [3.63, 3.8) is 0 Å². The number of benzene rings is 1. The molecular weight excluding hydrogens is 272 g/mol. The molecule has 2 heterocycles. The van der Waals surface area contributed by atoms with Gasteiger partial charge in [0, 0.05) is 31.6 Å². The van der Waals surface area contributed by atoms with Crippen LogP contribution < -0.4 is 5.32 Å². The predicted octanol–water partition coefficient (Wildman–Crippen LogP) is 3.56. The lowest BCUT2D eigenvalue weighted by Crippen LogP contribution is -2.37. The second-order valence-electron chi connectivity index (χ2n) is 6.12. The maximum Gasteiger partial charge on any atom is 0.0594 e. The molecule has 2 aromatic rings. The van der Waals surface area contributed by atoms with Gasteiger partial charge in [-0.15, -0.1) is 0 Å². The number of rotatable bonds is 4. The van der Waals surface area contributed by atoms with Crippen molar-refractivity contribution in [2.45, 2.75) is 38.8 Å². The second-order valence-corrected chi connectivity index (χ2v) is 6.12. The largest absolute Gasteiger partial charge is 0.381 e. The van der Waals surface area contributed by atoms with Crippen molar-refractivity contribution in [2.24, 2.45) is 0 Å². The average molecular weight is 296 g/mol. The summed E-state index contributed by atoms with van der Waals surface area (Å²) < 4.78 is 5.48. The Balaban J connectivity index is 1.89. The first kappa shape index (κ1) is 15.2. The molecule has 3 heteroatoms. The van der Waals surface area contributed by atoms with Crippen LogP contribution in [0.25, 0.3) is 0 Å². The topological polar surface area (TPSA) is 34.1 Å². The Morgan fingerprint density at radius 1 is 1.09 bits per heavy atom. The van der Waals surface area contributed by atoms with Crippen LogP contribution >= 0.6 is 0 Å². The quantitative estimate of drug-likeness (QED) is 0.937. The number of ether oxygens (including phenoxy) is 1. The first-order valence-electron chi connectivity index (χ1n) is 8.05. The Bertz CT molecular complexity index is 606. The molecule has 1 atom stereocenters. The molecule has 1 saturated heterocycles. The van der Waals surface area contributed by atoms with Crippen LogP contribution in [0.15, 0.2) is 42.7 Å². The molecule has 1 N–H and O–H groups in total. The fraction of sp³-hybridized carbons (Fsp3) is 0.421. The summed E-state index contributed by atoms with van der Waals surface area (Å²) in [6, 6.07) is 11.6. The summed E-state index contributed by atoms with van der Waals surface area (Å²) in [5.41, 5.74) is 5.19. The Hall–Kier alpha value is -1.71. The van der Waals surface area contributed by atoms with Crippen molar-refractivity contribution >= 4 is 0 Å². The maximum absolute atomic E-state index is 5.48. The minimum absolute atomic E-state index is 0.191. The minimum Gasteiger partial charge on any atom is -0.381 e. The standard InChI is InChI=1S/C19H24N2O/c1-14-5-6-16(12-15(14)2)19(17-4-3-9-20-13-17)21-18-7-10-22-11-8-18/h3-6,9,12-13,18-19,21H,7-8,10-11H2,1-2H3/t19-/m0/s1. The van der Waals surface area contributed by atoms with Crippen LogP contribution in [0.4, 0.5) is 0 Å². The van der Waals surface area contributed by atoms with Crippen LogP contribution in [-0.2, 0) is 4.74 Å². The van der Waals surface area contributed by atoms with Gasteiger partial charge in [-0.25, -0.2) is 0 Å². The lowest BCUT2D eigenvalue weighted by molar-refractivity contribution is 0.0760. The number of pyridine rings is 1. The highest BCUT2D eigenvalue weighted by molar-refractivity contribution is 5.36. The van der Waals surface area contributed by atoms with Crippen molar-refractivity contribution in [1.29, 1.82) is 0 Å². The number of aromatic nitrogens is 1. The molecule has 1 aliphatic rings. The third-order valence-electron chi connectivity index (χ3n) is 4.51. The predicted molar refractivity (Wildman–Crippen MR) is 89.0 cm³/mol. The van der Waals surface area contributed by atoms with Crippen LogP contribution in [0.1, 0.15) is 41.1 Å². The smallest absolute Gasteiger partial charge is 0.0594 e. The van der Waals surface area contributed by atoms with E-state index in [0.29, 0.717) is 6.04 Å². The average Bonchev–Trinajstić information content (AvgIpc) is 2.57. The number of nitrogens with one attached hydrogen (secondary N) is 1. The van der Waals surface area contributed by atoms with E-state index in [0.717, 1.165) is 26.1 Å². The van der Waals surface area contributed by atoms with Crippen molar-refractivity contribution in [3.05, 3.63) is 65.0 Å². The Labute approximate surface area is 132 Å².